The van der Waals surface area contributed by atoms with Crippen molar-refractivity contribution in [2.24, 2.45) is 0 Å². The molecule has 2 aromatic rings. The van der Waals surface area contributed by atoms with Crippen molar-refractivity contribution in [1.29, 1.82) is 0 Å². The van der Waals surface area contributed by atoms with Crippen molar-refractivity contribution in [2.45, 2.75) is 25.5 Å². The third-order valence-electron chi connectivity index (χ3n) is 3.97. The van der Waals surface area contributed by atoms with Gasteiger partial charge < -0.3 is 20.3 Å². The predicted molar refractivity (Wildman–Crippen MR) is 97.7 cm³/mol. The minimum Gasteiger partial charge on any atom is -0.368 e. The van der Waals surface area contributed by atoms with E-state index in [0.29, 0.717) is 19.1 Å². The van der Waals surface area contributed by atoms with Crippen LogP contribution in [0.15, 0.2) is 36.5 Å². The van der Waals surface area contributed by atoms with E-state index in [4.69, 9.17) is 4.74 Å². The van der Waals surface area contributed by atoms with E-state index in [2.05, 4.69) is 20.6 Å². The summed E-state index contributed by atoms with van der Waals surface area (Å²) >= 11 is 0. The number of nitrogens with zero attached hydrogens (tertiary/aromatic N) is 3. The van der Waals surface area contributed by atoms with Gasteiger partial charge in [0.2, 0.25) is 5.95 Å². The van der Waals surface area contributed by atoms with Gasteiger partial charge in [-0.1, -0.05) is 12.1 Å². The van der Waals surface area contributed by atoms with Gasteiger partial charge in [0.15, 0.2) is 0 Å². The lowest BCUT2D eigenvalue weighted by Crippen LogP contribution is -2.26. The van der Waals surface area contributed by atoms with Crippen LogP contribution < -0.4 is 15.5 Å². The van der Waals surface area contributed by atoms with Crippen molar-refractivity contribution in [3.63, 3.8) is 0 Å². The highest BCUT2D eigenvalue weighted by Gasteiger charge is 2.23. The molecule has 3 rings (SSSR count). The molecule has 132 valence electrons. The molecular formula is C18H23N5O2. The first-order valence-electron chi connectivity index (χ1n) is 8.37. The summed E-state index contributed by atoms with van der Waals surface area (Å²) < 4.78 is 5.41. The van der Waals surface area contributed by atoms with Crippen LogP contribution in [0.4, 0.5) is 17.5 Å². The summed E-state index contributed by atoms with van der Waals surface area (Å²) in [6, 6.07) is 9.57. The molecule has 1 unspecified atom stereocenters. The highest BCUT2D eigenvalue weighted by atomic mass is 16.5. The van der Waals surface area contributed by atoms with Gasteiger partial charge in [0, 0.05) is 39.1 Å². The van der Waals surface area contributed by atoms with Gasteiger partial charge in [-0.15, -0.1) is 0 Å². The molecule has 0 spiro atoms. The Bertz CT molecular complexity index is 729. The molecule has 0 radical (unpaired) electrons. The maximum atomic E-state index is 12.1. The Morgan fingerprint density at radius 2 is 2.24 bits per heavy atom. The van der Waals surface area contributed by atoms with Crippen molar-refractivity contribution in [3.8, 4) is 0 Å². The van der Waals surface area contributed by atoms with Gasteiger partial charge in [0.05, 0.1) is 0 Å². The quantitative estimate of drug-likeness (QED) is 0.839. The number of benzene rings is 1. The minimum absolute atomic E-state index is 0.0790. The van der Waals surface area contributed by atoms with E-state index in [1.54, 1.807) is 6.20 Å². The fourth-order valence-electron chi connectivity index (χ4n) is 2.63. The number of nitrogens with one attached hydrogen (secondary N) is 2. The van der Waals surface area contributed by atoms with Crippen molar-refractivity contribution in [1.82, 2.24) is 9.97 Å². The standard InChI is InChI=1S/C18H23N5O2/c1-23(2)16-8-9-19-18(22-16)20-12-13-5-3-6-14(11-13)21-17(24)15-7-4-10-25-15/h3,5-6,8-9,11,15H,4,7,10,12H2,1-2H3,(H,21,24)(H,19,20,22). The van der Waals surface area contributed by atoms with Crippen molar-refractivity contribution in [2.75, 3.05) is 36.2 Å². The van der Waals surface area contributed by atoms with E-state index in [1.807, 2.05) is 49.3 Å². The normalized spacial score (nSPS) is 16.5. The number of rotatable bonds is 6. The molecule has 1 aliphatic rings. The molecule has 2 heterocycles. The molecule has 1 amide bonds. The van der Waals surface area contributed by atoms with Crippen LogP contribution in [0.25, 0.3) is 0 Å². The fourth-order valence-corrected chi connectivity index (χ4v) is 2.63. The molecule has 1 aromatic heterocycles. The summed E-state index contributed by atoms with van der Waals surface area (Å²) in [7, 11) is 3.87. The van der Waals surface area contributed by atoms with Crippen LogP contribution in [0.1, 0.15) is 18.4 Å². The van der Waals surface area contributed by atoms with Crippen LogP contribution in [0.5, 0.6) is 0 Å². The Morgan fingerprint density at radius 3 is 3.00 bits per heavy atom. The third kappa shape index (κ3) is 4.67. The summed E-state index contributed by atoms with van der Waals surface area (Å²) in [4.78, 5) is 22.7. The topological polar surface area (TPSA) is 79.4 Å². The summed E-state index contributed by atoms with van der Waals surface area (Å²) in [5.74, 6) is 1.33. The second kappa shape index (κ2) is 7.94. The van der Waals surface area contributed by atoms with Gasteiger partial charge in [-0.05, 0) is 36.6 Å². The van der Waals surface area contributed by atoms with Gasteiger partial charge in [0.25, 0.3) is 5.91 Å². The summed E-state index contributed by atoms with van der Waals surface area (Å²) in [5, 5.41) is 6.12. The van der Waals surface area contributed by atoms with Crippen molar-refractivity contribution < 1.29 is 9.53 Å². The van der Waals surface area contributed by atoms with Gasteiger partial charge in [-0.3, -0.25) is 4.79 Å². The van der Waals surface area contributed by atoms with E-state index in [1.165, 1.54) is 0 Å². The third-order valence-corrected chi connectivity index (χ3v) is 3.97. The average molecular weight is 341 g/mol. The zero-order chi connectivity index (χ0) is 17.6. The lowest BCUT2D eigenvalue weighted by molar-refractivity contribution is -0.124. The molecule has 1 atom stereocenters. The van der Waals surface area contributed by atoms with Crippen LogP contribution in [0.3, 0.4) is 0 Å². The Kier molecular flexibility index (Phi) is 5.45. The smallest absolute Gasteiger partial charge is 0.253 e. The molecule has 1 saturated heterocycles. The maximum absolute atomic E-state index is 12.1. The molecular weight excluding hydrogens is 318 g/mol. The molecule has 7 nitrogen and oxygen atoms in total. The van der Waals surface area contributed by atoms with E-state index >= 15 is 0 Å². The largest absolute Gasteiger partial charge is 0.368 e. The second-order valence-corrected chi connectivity index (χ2v) is 6.18. The van der Waals surface area contributed by atoms with E-state index in [9.17, 15) is 4.79 Å². The van der Waals surface area contributed by atoms with Crippen LogP contribution in [0, 0.1) is 0 Å². The number of hydrogen-bond acceptors (Lipinski definition) is 6. The Hall–Kier alpha value is -2.67. The maximum Gasteiger partial charge on any atom is 0.253 e. The molecule has 0 aliphatic carbocycles. The van der Waals surface area contributed by atoms with Gasteiger partial charge in [-0.25, -0.2) is 4.98 Å². The number of amides is 1. The highest BCUT2D eigenvalue weighted by molar-refractivity contribution is 5.94. The average Bonchev–Trinajstić information content (AvgIpc) is 3.15. The summed E-state index contributed by atoms with van der Waals surface area (Å²) in [5.41, 5.74) is 1.80. The first-order valence-corrected chi connectivity index (χ1v) is 8.37. The lowest BCUT2D eigenvalue weighted by atomic mass is 10.2. The number of ether oxygens (including phenoxy) is 1. The molecule has 0 bridgehead atoms. The van der Waals surface area contributed by atoms with Crippen molar-refractivity contribution >= 4 is 23.4 Å². The van der Waals surface area contributed by atoms with Crippen LogP contribution in [-0.2, 0) is 16.1 Å². The van der Waals surface area contributed by atoms with Crippen LogP contribution >= 0.6 is 0 Å². The fraction of sp³-hybridized carbons (Fsp3) is 0.389. The number of carbonyl (C=O) groups is 1. The zero-order valence-electron chi connectivity index (χ0n) is 14.5. The number of carbonyl (C=O) groups excluding carboxylic acids is 1. The number of aromatic nitrogens is 2. The van der Waals surface area contributed by atoms with Gasteiger partial charge in [0.1, 0.15) is 11.9 Å². The molecule has 7 heteroatoms. The van der Waals surface area contributed by atoms with Gasteiger partial charge >= 0.3 is 0 Å². The second-order valence-electron chi connectivity index (χ2n) is 6.18. The minimum atomic E-state index is -0.330. The molecule has 25 heavy (non-hydrogen) atoms. The van der Waals surface area contributed by atoms with Crippen molar-refractivity contribution in [3.05, 3.63) is 42.1 Å². The molecule has 1 aliphatic heterocycles. The lowest BCUT2D eigenvalue weighted by Gasteiger charge is -2.13. The van der Waals surface area contributed by atoms with E-state index in [-0.39, 0.29) is 12.0 Å². The molecule has 2 N–H and O–H groups in total. The first-order chi connectivity index (χ1) is 12.1. The molecule has 0 saturated carbocycles. The van der Waals surface area contributed by atoms with Crippen LogP contribution in [0.2, 0.25) is 0 Å². The highest BCUT2D eigenvalue weighted by Crippen LogP contribution is 2.17. The predicted octanol–water partition coefficient (Wildman–Crippen LogP) is 2.27. The summed E-state index contributed by atoms with van der Waals surface area (Å²) in [6.45, 7) is 1.23. The SMILES string of the molecule is CN(C)c1ccnc(NCc2cccc(NC(=O)C3CCCO3)c2)n1. The number of anilines is 3. The Balaban J connectivity index is 1.60. The molecule has 1 aromatic carbocycles. The number of hydrogen-bond donors (Lipinski definition) is 2. The monoisotopic (exact) mass is 341 g/mol. The van der Waals surface area contributed by atoms with Crippen LogP contribution in [-0.4, -0.2) is 42.7 Å². The molecule has 1 fully saturated rings. The Labute approximate surface area is 147 Å². The zero-order valence-corrected chi connectivity index (χ0v) is 14.5. The van der Waals surface area contributed by atoms with E-state index in [0.717, 1.165) is 29.9 Å². The van der Waals surface area contributed by atoms with E-state index < -0.39 is 0 Å². The Morgan fingerprint density at radius 1 is 1.36 bits per heavy atom. The summed E-state index contributed by atoms with van der Waals surface area (Å²) in [6.07, 6.45) is 3.12. The first kappa shape index (κ1) is 17.2. The van der Waals surface area contributed by atoms with Gasteiger partial charge in [-0.2, -0.15) is 4.98 Å².